The average Bonchev–Trinajstić information content (AvgIpc) is 3.18. The standard InChI is InChI=1S/C17H17N3O3/c21-17(14-11-16-13(18-14)5-8-23-16)19-12-3-1-2-4-15(12)20-6-9-22-10-7-20/h1-5,8,11,18H,6-7,9-10H2,(H,19,21). The minimum atomic E-state index is -0.183. The van der Waals surface area contributed by atoms with Crippen molar-refractivity contribution >= 4 is 28.4 Å². The molecule has 118 valence electrons. The highest BCUT2D eigenvalue weighted by Gasteiger charge is 2.17. The van der Waals surface area contributed by atoms with Gasteiger partial charge in [0.2, 0.25) is 0 Å². The van der Waals surface area contributed by atoms with Crippen molar-refractivity contribution in [2.45, 2.75) is 0 Å². The molecule has 0 aliphatic carbocycles. The number of H-pyrrole nitrogens is 1. The maximum atomic E-state index is 12.5. The number of furan rings is 1. The van der Waals surface area contributed by atoms with E-state index in [1.54, 1.807) is 18.4 Å². The molecule has 6 nitrogen and oxygen atoms in total. The van der Waals surface area contributed by atoms with E-state index in [2.05, 4.69) is 15.2 Å². The van der Waals surface area contributed by atoms with Crippen molar-refractivity contribution in [2.24, 2.45) is 0 Å². The molecule has 1 aliphatic heterocycles. The Hall–Kier alpha value is -2.73. The number of amides is 1. The van der Waals surface area contributed by atoms with Crippen LogP contribution in [-0.4, -0.2) is 37.2 Å². The van der Waals surface area contributed by atoms with Crippen LogP contribution in [0.2, 0.25) is 0 Å². The fourth-order valence-electron chi connectivity index (χ4n) is 2.82. The Morgan fingerprint density at radius 1 is 1.17 bits per heavy atom. The molecule has 1 amide bonds. The van der Waals surface area contributed by atoms with Gasteiger partial charge in [0, 0.05) is 25.2 Å². The first-order valence-corrected chi connectivity index (χ1v) is 7.60. The highest BCUT2D eigenvalue weighted by atomic mass is 16.5. The Labute approximate surface area is 133 Å². The van der Waals surface area contributed by atoms with Crippen molar-refractivity contribution in [3.63, 3.8) is 0 Å². The Kier molecular flexibility index (Phi) is 3.51. The van der Waals surface area contributed by atoms with Crippen molar-refractivity contribution < 1.29 is 13.9 Å². The maximum absolute atomic E-state index is 12.5. The summed E-state index contributed by atoms with van der Waals surface area (Å²) in [5.74, 6) is -0.183. The number of aromatic nitrogens is 1. The summed E-state index contributed by atoms with van der Waals surface area (Å²) in [6, 6.07) is 11.3. The second kappa shape index (κ2) is 5.81. The van der Waals surface area contributed by atoms with E-state index >= 15 is 0 Å². The molecule has 0 atom stereocenters. The third kappa shape index (κ3) is 2.68. The first kappa shape index (κ1) is 13.9. The third-order valence-corrected chi connectivity index (χ3v) is 3.99. The van der Waals surface area contributed by atoms with Crippen LogP contribution in [-0.2, 0) is 4.74 Å². The third-order valence-electron chi connectivity index (χ3n) is 3.99. The molecule has 4 rings (SSSR count). The van der Waals surface area contributed by atoms with E-state index in [9.17, 15) is 4.79 Å². The first-order chi connectivity index (χ1) is 11.3. The van der Waals surface area contributed by atoms with E-state index in [0.717, 1.165) is 30.0 Å². The Bertz CT molecular complexity index is 802. The number of para-hydroxylation sites is 2. The molecule has 0 spiro atoms. The molecule has 1 aromatic carbocycles. The van der Waals surface area contributed by atoms with Gasteiger partial charge in [-0.15, -0.1) is 0 Å². The predicted molar refractivity (Wildman–Crippen MR) is 88.0 cm³/mol. The van der Waals surface area contributed by atoms with Gasteiger partial charge in [-0.3, -0.25) is 4.79 Å². The second-order valence-electron chi connectivity index (χ2n) is 5.45. The molecule has 23 heavy (non-hydrogen) atoms. The smallest absolute Gasteiger partial charge is 0.272 e. The average molecular weight is 311 g/mol. The summed E-state index contributed by atoms with van der Waals surface area (Å²) in [5.41, 5.74) is 3.79. The summed E-state index contributed by atoms with van der Waals surface area (Å²) in [6.07, 6.45) is 1.59. The second-order valence-corrected chi connectivity index (χ2v) is 5.45. The Balaban J connectivity index is 1.58. The molecule has 6 heteroatoms. The Morgan fingerprint density at radius 3 is 2.83 bits per heavy atom. The fraction of sp³-hybridized carbons (Fsp3) is 0.235. The largest absolute Gasteiger partial charge is 0.463 e. The lowest BCUT2D eigenvalue weighted by atomic mass is 10.2. The Morgan fingerprint density at radius 2 is 2.00 bits per heavy atom. The highest BCUT2D eigenvalue weighted by molar-refractivity contribution is 6.06. The number of hydrogen-bond donors (Lipinski definition) is 2. The molecule has 2 aromatic heterocycles. The summed E-state index contributed by atoms with van der Waals surface area (Å²) in [4.78, 5) is 17.8. The molecule has 0 bridgehead atoms. The van der Waals surface area contributed by atoms with E-state index in [1.807, 2.05) is 24.3 Å². The predicted octanol–water partition coefficient (Wildman–Crippen LogP) is 2.85. The van der Waals surface area contributed by atoms with Crippen LogP contribution in [0.15, 0.2) is 47.1 Å². The van der Waals surface area contributed by atoms with Gasteiger partial charge in [0.1, 0.15) is 5.69 Å². The number of carbonyl (C=O) groups is 1. The van der Waals surface area contributed by atoms with Gasteiger partial charge >= 0.3 is 0 Å². The summed E-state index contributed by atoms with van der Waals surface area (Å²) in [5, 5.41) is 2.98. The molecular weight excluding hydrogens is 294 g/mol. The number of hydrogen-bond acceptors (Lipinski definition) is 4. The van der Waals surface area contributed by atoms with Crippen molar-refractivity contribution in [3.8, 4) is 0 Å². The summed E-state index contributed by atoms with van der Waals surface area (Å²) in [7, 11) is 0. The SMILES string of the molecule is O=C(Nc1ccccc1N1CCOCC1)c1cc2occc2[nH]1. The number of aromatic amines is 1. The number of rotatable bonds is 3. The molecule has 1 saturated heterocycles. The van der Waals surface area contributed by atoms with E-state index in [1.165, 1.54) is 0 Å². The van der Waals surface area contributed by atoms with E-state index in [0.29, 0.717) is 24.5 Å². The van der Waals surface area contributed by atoms with Crippen molar-refractivity contribution in [1.82, 2.24) is 4.98 Å². The summed E-state index contributed by atoms with van der Waals surface area (Å²) in [6.45, 7) is 3.05. The number of morpholine rings is 1. The number of carbonyl (C=O) groups excluding carboxylic acids is 1. The molecule has 0 saturated carbocycles. The maximum Gasteiger partial charge on any atom is 0.272 e. The topological polar surface area (TPSA) is 70.5 Å². The number of nitrogens with one attached hydrogen (secondary N) is 2. The normalized spacial score (nSPS) is 15.0. The number of anilines is 2. The van der Waals surface area contributed by atoms with Crippen LogP contribution in [0, 0.1) is 0 Å². The number of ether oxygens (including phenoxy) is 1. The van der Waals surface area contributed by atoms with Crippen LogP contribution >= 0.6 is 0 Å². The van der Waals surface area contributed by atoms with E-state index < -0.39 is 0 Å². The van der Waals surface area contributed by atoms with Gasteiger partial charge in [-0.1, -0.05) is 12.1 Å². The van der Waals surface area contributed by atoms with Crippen LogP contribution in [0.25, 0.3) is 11.1 Å². The monoisotopic (exact) mass is 311 g/mol. The van der Waals surface area contributed by atoms with Crippen LogP contribution in [0.3, 0.4) is 0 Å². The molecule has 3 aromatic rings. The first-order valence-electron chi connectivity index (χ1n) is 7.60. The van der Waals surface area contributed by atoms with Gasteiger partial charge < -0.3 is 24.4 Å². The summed E-state index contributed by atoms with van der Waals surface area (Å²) >= 11 is 0. The molecule has 3 heterocycles. The minimum Gasteiger partial charge on any atom is -0.463 e. The van der Waals surface area contributed by atoms with Crippen LogP contribution in [0.5, 0.6) is 0 Å². The number of nitrogens with zero attached hydrogens (tertiary/aromatic N) is 1. The van der Waals surface area contributed by atoms with E-state index in [-0.39, 0.29) is 5.91 Å². The molecule has 2 N–H and O–H groups in total. The summed E-state index contributed by atoms with van der Waals surface area (Å²) < 4.78 is 10.7. The van der Waals surface area contributed by atoms with Crippen LogP contribution < -0.4 is 10.2 Å². The quantitative estimate of drug-likeness (QED) is 0.780. The zero-order chi connectivity index (χ0) is 15.6. The lowest BCUT2D eigenvalue weighted by molar-refractivity contribution is 0.102. The minimum absolute atomic E-state index is 0.183. The van der Waals surface area contributed by atoms with Gasteiger partial charge in [-0.2, -0.15) is 0 Å². The molecule has 0 unspecified atom stereocenters. The van der Waals surface area contributed by atoms with Crippen molar-refractivity contribution in [3.05, 3.63) is 48.4 Å². The molecule has 0 radical (unpaired) electrons. The van der Waals surface area contributed by atoms with Crippen molar-refractivity contribution in [1.29, 1.82) is 0 Å². The zero-order valence-electron chi connectivity index (χ0n) is 12.5. The number of benzene rings is 1. The van der Waals surface area contributed by atoms with Gasteiger partial charge in [0.15, 0.2) is 5.58 Å². The lowest BCUT2D eigenvalue weighted by Crippen LogP contribution is -2.36. The van der Waals surface area contributed by atoms with Crippen LogP contribution in [0.4, 0.5) is 11.4 Å². The lowest BCUT2D eigenvalue weighted by Gasteiger charge is -2.30. The van der Waals surface area contributed by atoms with Gasteiger partial charge in [0.05, 0.1) is 36.4 Å². The molecular formula is C17H17N3O3. The number of fused-ring (bicyclic) bond motifs is 1. The zero-order valence-corrected chi connectivity index (χ0v) is 12.5. The van der Waals surface area contributed by atoms with Crippen LogP contribution in [0.1, 0.15) is 10.5 Å². The fourth-order valence-corrected chi connectivity index (χ4v) is 2.82. The van der Waals surface area contributed by atoms with Gasteiger partial charge in [-0.05, 0) is 12.1 Å². The van der Waals surface area contributed by atoms with Crippen molar-refractivity contribution in [2.75, 3.05) is 36.5 Å². The van der Waals surface area contributed by atoms with Gasteiger partial charge in [0.25, 0.3) is 5.91 Å². The van der Waals surface area contributed by atoms with E-state index in [4.69, 9.17) is 9.15 Å². The molecule has 1 fully saturated rings. The highest BCUT2D eigenvalue weighted by Crippen LogP contribution is 2.27. The molecule has 1 aliphatic rings. The van der Waals surface area contributed by atoms with Gasteiger partial charge in [-0.25, -0.2) is 0 Å².